The zero-order valence-corrected chi connectivity index (χ0v) is 10.4. The minimum Gasteiger partial charge on any atom is -0.352 e. The minimum atomic E-state index is -0.151. The fourth-order valence-corrected chi connectivity index (χ4v) is 2.23. The summed E-state index contributed by atoms with van der Waals surface area (Å²) in [6.07, 6.45) is 9.05. The van der Waals surface area contributed by atoms with Crippen molar-refractivity contribution in [2.24, 2.45) is 0 Å². The van der Waals surface area contributed by atoms with Crippen LogP contribution in [0.1, 0.15) is 25.7 Å². The Kier molecular flexibility index (Phi) is 4.21. The maximum atomic E-state index is 12.0. The second-order valence-electron chi connectivity index (χ2n) is 4.89. The Labute approximate surface area is 107 Å². The molecule has 5 nitrogen and oxygen atoms in total. The van der Waals surface area contributed by atoms with Gasteiger partial charge in [-0.3, -0.25) is 14.5 Å². The Morgan fingerprint density at radius 2 is 2.11 bits per heavy atom. The van der Waals surface area contributed by atoms with Crippen LogP contribution in [0.3, 0.4) is 0 Å². The number of carbonyl (C=O) groups is 2. The van der Waals surface area contributed by atoms with Gasteiger partial charge in [-0.25, -0.2) is 0 Å². The van der Waals surface area contributed by atoms with E-state index in [-0.39, 0.29) is 30.9 Å². The summed E-state index contributed by atoms with van der Waals surface area (Å²) in [5.41, 5.74) is 0. The molecular formula is C13H19N3O2. The molecule has 0 bridgehead atoms. The topological polar surface area (TPSA) is 61.4 Å². The Morgan fingerprint density at radius 1 is 1.33 bits per heavy atom. The predicted molar refractivity (Wildman–Crippen MR) is 67.6 cm³/mol. The van der Waals surface area contributed by atoms with Crippen molar-refractivity contribution in [2.45, 2.75) is 37.8 Å². The number of nitrogens with one attached hydrogen (secondary N) is 2. The second kappa shape index (κ2) is 5.87. The van der Waals surface area contributed by atoms with Crippen LogP contribution in [0.4, 0.5) is 0 Å². The first-order valence-electron chi connectivity index (χ1n) is 6.45. The van der Waals surface area contributed by atoms with Gasteiger partial charge in [-0.2, -0.15) is 0 Å². The van der Waals surface area contributed by atoms with Crippen LogP contribution >= 0.6 is 0 Å². The summed E-state index contributed by atoms with van der Waals surface area (Å²) >= 11 is 0. The van der Waals surface area contributed by atoms with Crippen LogP contribution in [0.15, 0.2) is 0 Å². The van der Waals surface area contributed by atoms with E-state index in [2.05, 4.69) is 16.6 Å². The molecule has 2 rings (SSSR count). The average Bonchev–Trinajstić information content (AvgIpc) is 3.03. The van der Waals surface area contributed by atoms with Crippen molar-refractivity contribution < 1.29 is 9.59 Å². The lowest BCUT2D eigenvalue weighted by atomic mass is 10.2. The smallest absolute Gasteiger partial charge is 0.237 e. The molecule has 1 aliphatic heterocycles. The molecular weight excluding hydrogens is 230 g/mol. The van der Waals surface area contributed by atoms with Crippen LogP contribution in [0.25, 0.3) is 0 Å². The van der Waals surface area contributed by atoms with Crippen molar-refractivity contribution in [3.8, 4) is 12.3 Å². The quantitative estimate of drug-likeness (QED) is 0.644. The molecule has 1 heterocycles. The van der Waals surface area contributed by atoms with E-state index in [1.54, 1.807) is 0 Å². The molecule has 18 heavy (non-hydrogen) atoms. The highest BCUT2D eigenvalue weighted by molar-refractivity contribution is 5.84. The SMILES string of the molecule is C#CCNC(=O)CN1CCCC1C(=O)NC1CC1. The first-order valence-corrected chi connectivity index (χ1v) is 6.45. The summed E-state index contributed by atoms with van der Waals surface area (Å²) in [5, 5.41) is 5.62. The van der Waals surface area contributed by atoms with E-state index in [9.17, 15) is 9.59 Å². The fourth-order valence-electron chi connectivity index (χ4n) is 2.23. The van der Waals surface area contributed by atoms with Gasteiger partial charge in [0, 0.05) is 6.04 Å². The summed E-state index contributed by atoms with van der Waals surface area (Å²) in [5.74, 6) is 2.32. The highest BCUT2D eigenvalue weighted by Crippen LogP contribution is 2.22. The maximum Gasteiger partial charge on any atom is 0.237 e. The van der Waals surface area contributed by atoms with Gasteiger partial charge in [-0.05, 0) is 32.2 Å². The highest BCUT2D eigenvalue weighted by Gasteiger charge is 2.34. The molecule has 1 aliphatic carbocycles. The number of amides is 2. The maximum absolute atomic E-state index is 12.0. The number of carbonyl (C=O) groups excluding carboxylic acids is 2. The van der Waals surface area contributed by atoms with Gasteiger partial charge in [0.25, 0.3) is 0 Å². The van der Waals surface area contributed by atoms with E-state index < -0.39 is 0 Å². The van der Waals surface area contributed by atoms with Gasteiger partial charge in [0.05, 0.1) is 19.1 Å². The first kappa shape index (κ1) is 12.9. The van der Waals surface area contributed by atoms with E-state index in [4.69, 9.17) is 6.42 Å². The summed E-state index contributed by atoms with van der Waals surface area (Å²) in [6.45, 7) is 1.29. The molecule has 0 radical (unpaired) electrons. The van der Waals surface area contributed by atoms with Crippen LogP contribution in [-0.4, -0.2) is 48.4 Å². The zero-order chi connectivity index (χ0) is 13.0. The lowest BCUT2D eigenvalue weighted by Gasteiger charge is -2.22. The van der Waals surface area contributed by atoms with E-state index >= 15 is 0 Å². The monoisotopic (exact) mass is 249 g/mol. The van der Waals surface area contributed by atoms with Crippen LogP contribution in [0.5, 0.6) is 0 Å². The Hall–Kier alpha value is -1.54. The predicted octanol–water partition coefficient (Wildman–Crippen LogP) is -0.521. The van der Waals surface area contributed by atoms with Crippen LogP contribution in [0.2, 0.25) is 0 Å². The number of hydrogen-bond donors (Lipinski definition) is 2. The third kappa shape index (κ3) is 3.47. The molecule has 5 heteroatoms. The second-order valence-corrected chi connectivity index (χ2v) is 4.89. The van der Waals surface area contributed by atoms with Gasteiger partial charge >= 0.3 is 0 Å². The van der Waals surface area contributed by atoms with Gasteiger partial charge < -0.3 is 10.6 Å². The summed E-state index contributed by atoms with van der Waals surface area (Å²) in [4.78, 5) is 25.5. The number of nitrogens with zero attached hydrogens (tertiary/aromatic N) is 1. The van der Waals surface area contributed by atoms with E-state index in [1.807, 2.05) is 4.90 Å². The number of hydrogen-bond acceptors (Lipinski definition) is 3. The van der Waals surface area contributed by atoms with Gasteiger partial charge in [0.1, 0.15) is 0 Å². The van der Waals surface area contributed by atoms with E-state index in [0.717, 1.165) is 32.2 Å². The number of likely N-dealkylation sites (tertiary alicyclic amines) is 1. The molecule has 1 saturated carbocycles. The van der Waals surface area contributed by atoms with Crippen molar-refractivity contribution in [2.75, 3.05) is 19.6 Å². The largest absolute Gasteiger partial charge is 0.352 e. The minimum absolute atomic E-state index is 0.0692. The Balaban J connectivity index is 1.80. The number of rotatable bonds is 5. The molecule has 2 amide bonds. The molecule has 98 valence electrons. The Bertz CT molecular complexity index is 371. The summed E-state index contributed by atoms with van der Waals surface area (Å²) < 4.78 is 0. The van der Waals surface area contributed by atoms with Crippen molar-refractivity contribution >= 4 is 11.8 Å². The zero-order valence-electron chi connectivity index (χ0n) is 10.4. The standard InChI is InChI=1S/C13H19N3O2/c1-2-7-14-12(17)9-16-8-3-4-11(16)13(18)15-10-5-6-10/h1,10-11H,3-9H2,(H,14,17)(H,15,18). The first-order chi connectivity index (χ1) is 8.70. The van der Waals surface area contributed by atoms with Gasteiger partial charge in [0.2, 0.25) is 11.8 Å². The van der Waals surface area contributed by atoms with E-state index in [1.165, 1.54) is 0 Å². The summed E-state index contributed by atoms with van der Waals surface area (Å²) in [6, 6.07) is 0.220. The highest BCUT2D eigenvalue weighted by atomic mass is 16.2. The molecule has 0 spiro atoms. The van der Waals surface area contributed by atoms with Gasteiger partial charge in [-0.15, -0.1) is 6.42 Å². The van der Waals surface area contributed by atoms with Gasteiger partial charge in [0.15, 0.2) is 0 Å². The lowest BCUT2D eigenvalue weighted by Crippen LogP contribution is -2.47. The van der Waals surface area contributed by atoms with Crippen molar-refractivity contribution in [1.29, 1.82) is 0 Å². The fraction of sp³-hybridized carbons (Fsp3) is 0.692. The molecule has 0 aromatic carbocycles. The number of terminal acetylenes is 1. The average molecular weight is 249 g/mol. The molecule has 2 N–H and O–H groups in total. The molecule has 0 aromatic heterocycles. The van der Waals surface area contributed by atoms with Gasteiger partial charge in [-0.1, -0.05) is 5.92 Å². The third-order valence-electron chi connectivity index (χ3n) is 3.32. The molecule has 1 atom stereocenters. The molecule has 2 aliphatic rings. The van der Waals surface area contributed by atoms with Crippen LogP contribution in [0, 0.1) is 12.3 Å². The van der Waals surface area contributed by atoms with Crippen molar-refractivity contribution in [3.63, 3.8) is 0 Å². The third-order valence-corrected chi connectivity index (χ3v) is 3.32. The molecule has 1 saturated heterocycles. The van der Waals surface area contributed by atoms with Crippen molar-refractivity contribution in [1.82, 2.24) is 15.5 Å². The molecule has 0 aromatic rings. The summed E-state index contributed by atoms with van der Waals surface area (Å²) in [7, 11) is 0. The van der Waals surface area contributed by atoms with Crippen molar-refractivity contribution in [3.05, 3.63) is 0 Å². The molecule has 2 fully saturated rings. The van der Waals surface area contributed by atoms with E-state index in [0.29, 0.717) is 6.04 Å². The Morgan fingerprint density at radius 3 is 2.78 bits per heavy atom. The normalized spacial score (nSPS) is 23.4. The van der Waals surface area contributed by atoms with Crippen LogP contribution in [-0.2, 0) is 9.59 Å². The lowest BCUT2D eigenvalue weighted by molar-refractivity contribution is -0.127. The molecule has 1 unspecified atom stereocenters. The van der Waals surface area contributed by atoms with Crippen LogP contribution < -0.4 is 10.6 Å².